The van der Waals surface area contributed by atoms with Crippen molar-refractivity contribution in [2.75, 3.05) is 13.2 Å². The van der Waals surface area contributed by atoms with E-state index < -0.39 is 0 Å². The van der Waals surface area contributed by atoms with Gasteiger partial charge < -0.3 is 9.47 Å². The van der Waals surface area contributed by atoms with Crippen LogP contribution in [0.3, 0.4) is 0 Å². The molecule has 0 aromatic carbocycles. The van der Waals surface area contributed by atoms with Crippen molar-refractivity contribution in [1.29, 1.82) is 0 Å². The Balaban J connectivity index is 3.43. The Morgan fingerprint density at radius 1 is 0.833 bits per heavy atom. The Bertz CT molecular complexity index is 233. The molecule has 0 aliphatic rings. The molecule has 0 rings (SSSR count). The third-order valence-corrected chi connectivity index (χ3v) is 2.32. The van der Waals surface area contributed by atoms with E-state index in [2.05, 4.69) is 0 Å². The summed E-state index contributed by atoms with van der Waals surface area (Å²) in [7, 11) is 0. The lowest BCUT2D eigenvalue weighted by Crippen LogP contribution is -2.05. The Morgan fingerprint density at radius 2 is 1.22 bits per heavy atom. The summed E-state index contributed by atoms with van der Waals surface area (Å²) in [5.41, 5.74) is 0. The number of unbranched alkanes of at least 4 members (excludes halogenated alkanes) is 2. The van der Waals surface area contributed by atoms with Gasteiger partial charge in [-0.3, -0.25) is 9.59 Å². The normalized spacial score (nSPS) is 10.6. The molecule has 0 spiro atoms. The summed E-state index contributed by atoms with van der Waals surface area (Å²) < 4.78 is 9.90. The lowest BCUT2D eigenvalue weighted by atomic mass is 10.2. The first-order valence-electron chi connectivity index (χ1n) is 6.66. The predicted octanol–water partition coefficient (Wildman–Crippen LogP) is 3.01. The van der Waals surface area contributed by atoms with Crippen LogP contribution in [-0.2, 0) is 19.1 Å². The molecule has 18 heavy (non-hydrogen) atoms. The SMILES string of the molecule is CCCCC(=O)OC/C=C/COC(=O)CCCC. The van der Waals surface area contributed by atoms with Gasteiger partial charge in [0.2, 0.25) is 0 Å². The second-order valence-corrected chi connectivity index (χ2v) is 4.04. The van der Waals surface area contributed by atoms with Crippen molar-refractivity contribution in [3.05, 3.63) is 12.2 Å². The average Bonchev–Trinajstić information content (AvgIpc) is 2.37. The zero-order chi connectivity index (χ0) is 13.6. The highest BCUT2D eigenvalue weighted by Gasteiger charge is 2.00. The van der Waals surface area contributed by atoms with E-state index in [1.807, 2.05) is 13.8 Å². The van der Waals surface area contributed by atoms with Crippen LogP contribution in [0.15, 0.2) is 12.2 Å². The molecular formula is C14H24O4. The van der Waals surface area contributed by atoms with Gasteiger partial charge >= 0.3 is 11.9 Å². The zero-order valence-electron chi connectivity index (χ0n) is 11.4. The van der Waals surface area contributed by atoms with Crippen LogP contribution in [0.4, 0.5) is 0 Å². The minimum atomic E-state index is -0.179. The quantitative estimate of drug-likeness (QED) is 0.445. The minimum Gasteiger partial charge on any atom is -0.461 e. The summed E-state index contributed by atoms with van der Waals surface area (Å²) in [4.78, 5) is 22.2. The third-order valence-electron chi connectivity index (χ3n) is 2.32. The molecule has 0 aromatic rings. The number of rotatable bonds is 10. The Hall–Kier alpha value is -1.32. The van der Waals surface area contributed by atoms with Gasteiger partial charge in [-0.2, -0.15) is 0 Å². The number of carbonyl (C=O) groups is 2. The van der Waals surface area contributed by atoms with Crippen molar-refractivity contribution < 1.29 is 19.1 Å². The number of carbonyl (C=O) groups excluding carboxylic acids is 2. The number of ether oxygens (including phenoxy) is 2. The fraction of sp³-hybridized carbons (Fsp3) is 0.714. The van der Waals surface area contributed by atoms with Crippen LogP contribution in [-0.4, -0.2) is 25.2 Å². The molecule has 104 valence electrons. The molecule has 0 amide bonds. The number of esters is 2. The van der Waals surface area contributed by atoms with E-state index in [4.69, 9.17) is 9.47 Å². The van der Waals surface area contributed by atoms with Gasteiger partial charge in [0, 0.05) is 12.8 Å². The number of hydrogen-bond donors (Lipinski definition) is 0. The van der Waals surface area contributed by atoms with Crippen LogP contribution in [0.25, 0.3) is 0 Å². The summed E-state index contributed by atoms with van der Waals surface area (Å²) in [5.74, 6) is -0.358. The van der Waals surface area contributed by atoms with E-state index in [1.54, 1.807) is 12.2 Å². The highest BCUT2D eigenvalue weighted by Crippen LogP contribution is 1.97. The summed E-state index contributed by atoms with van der Waals surface area (Å²) in [6, 6.07) is 0. The molecular weight excluding hydrogens is 232 g/mol. The first kappa shape index (κ1) is 16.7. The molecule has 0 aliphatic heterocycles. The average molecular weight is 256 g/mol. The van der Waals surface area contributed by atoms with Crippen LogP contribution < -0.4 is 0 Å². The van der Waals surface area contributed by atoms with Crippen molar-refractivity contribution in [1.82, 2.24) is 0 Å². The smallest absolute Gasteiger partial charge is 0.306 e. The zero-order valence-corrected chi connectivity index (χ0v) is 11.4. The fourth-order valence-electron chi connectivity index (χ4n) is 1.20. The van der Waals surface area contributed by atoms with Crippen molar-refractivity contribution >= 4 is 11.9 Å². The molecule has 0 heterocycles. The van der Waals surface area contributed by atoms with E-state index in [0.29, 0.717) is 12.8 Å². The van der Waals surface area contributed by atoms with Crippen LogP contribution in [0, 0.1) is 0 Å². The summed E-state index contributed by atoms with van der Waals surface area (Å²) in [6.07, 6.45) is 8.01. The van der Waals surface area contributed by atoms with Gasteiger partial charge in [-0.1, -0.05) is 26.7 Å². The Kier molecular flexibility index (Phi) is 11.3. The van der Waals surface area contributed by atoms with Gasteiger partial charge in [-0.05, 0) is 25.0 Å². The van der Waals surface area contributed by atoms with E-state index in [0.717, 1.165) is 25.7 Å². The van der Waals surface area contributed by atoms with Gasteiger partial charge in [-0.25, -0.2) is 0 Å². The van der Waals surface area contributed by atoms with E-state index >= 15 is 0 Å². The van der Waals surface area contributed by atoms with Crippen LogP contribution in [0.5, 0.6) is 0 Å². The molecule has 4 nitrogen and oxygen atoms in total. The molecule has 0 radical (unpaired) electrons. The monoisotopic (exact) mass is 256 g/mol. The number of hydrogen-bond acceptors (Lipinski definition) is 4. The summed E-state index contributed by atoms with van der Waals surface area (Å²) in [5, 5.41) is 0. The maximum absolute atomic E-state index is 11.1. The highest BCUT2D eigenvalue weighted by molar-refractivity contribution is 5.69. The highest BCUT2D eigenvalue weighted by atomic mass is 16.5. The lowest BCUT2D eigenvalue weighted by Gasteiger charge is -2.01. The van der Waals surface area contributed by atoms with E-state index in [1.165, 1.54) is 0 Å². The molecule has 0 fully saturated rings. The molecule has 0 unspecified atom stereocenters. The lowest BCUT2D eigenvalue weighted by molar-refractivity contribution is -0.143. The van der Waals surface area contributed by atoms with Gasteiger partial charge in [0.25, 0.3) is 0 Å². The van der Waals surface area contributed by atoms with Gasteiger partial charge in [0.15, 0.2) is 0 Å². The molecule has 0 atom stereocenters. The topological polar surface area (TPSA) is 52.6 Å². The second-order valence-electron chi connectivity index (χ2n) is 4.04. The largest absolute Gasteiger partial charge is 0.461 e. The third kappa shape index (κ3) is 11.2. The first-order chi connectivity index (χ1) is 8.70. The van der Waals surface area contributed by atoms with Gasteiger partial charge in [0.1, 0.15) is 13.2 Å². The van der Waals surface area contributed by atoms with Crippen molar-refractivity contribution in [3.8, 4) is 0 Å². The Labute approximate surface area is 109 Å². The summed E-state index contributed by atoms with van der Waals surface area (Å²) >= 11 is 0. The molecule has 0 saturated heterocycles. The van der Waals surface area contributed by atoms with Gasteiger partial charge in [-0.15, -0.1) is 0 Å². The summed E-state index contributed by atoms with van der Waals surface area (Å²) in [6.45, 7) is 4.55. The van der Waals surface area contributed by atoms with Crippen LogP contribution in [0.2, 0.25) is 0 Å². The molecule has 4 heteroatoms. The first-order valence-corrected chi connectivity index (χ1v) is 6.66. The van der Waals surface area contributed by atoms with Crippen LogP contribution >= 0.6 is 0 Å². The maximum atomic E-state index is 11.1. The predicted molar refractivity (Wildman–Crippen MR) is 70.1 cm³/mol. The van der Waals surface area contributed by atoms with Crippen LogP contribution in [0.1, 0.15) is 52.4 Å². The second kappa shape index (κ2) is 12.1. The molecule has 0 bridgehead atoms. The molecule has 0 N–H and O–H groups in total. The molecule has 0 aromatic heterocycles. The van der Waals surface area contributed by atoms with E-state index in [9.17, 15) is 9.59 Å². The van der Waals surface area contributed by atoms with Crippen molar-refractivity contribution in [3.63, 3.8) is 0 Å². The maximum Gasteiger partial charge on any atom is 0.306 e. The van der Waals surface area contributed by atoms with Crippen molar-refractivity contribution in [2.24, 2.45) is 0 Å². The molecule has 0 saturated carbocycles. The standard InChI is InChI=1S/C14H24O4/c1-3-5-9-13(15)17-11-7-8-12-18-14(16)10-6-4-2/h7-8H,3-6,9-12H2,1-2H3/b8-7+. The minimum absolute atomic E-state index is 0.179. The van der Waals surface area contributed by atoms with Gasteiger partial charge in [0.05, 0.1) is 0 Å². The molecule has 0 aliphatic carbocycles. The van der Waals surface area contributed by atoms with Crippen molar-refractivity contribution in [2.45, 2.75) is 52.4 Å². The fourth-order valence-corrected chi connectivity index (χ4v) is 1.20. The Morgan fingerprint density at radius 3 is 1.56 bits per heavy atom. The van der Waals surface area contributed by atoms with E-state index in [-0.39, 0.29) is 25.2 Å².